The number of aryl methyl sites for hydroxylation is 1. The predicted molar refractivity (Wildman–Crippen MR) is 95.0 cm³/mol. The second-order valence-electron chi connectivity index (χ2n) is 6.12. The van der Waals surface area contributed by atoms with E-state index in [0.717, 1.165) is 16.8 Å². The van der Waals surface area contributed by atoms with Crippen molar-refractivity contribution >= 4 is 0 Å². The fourth-order valence-electron chi connectivity index (χ4n) is 2.99. The molecule has 4 heterocycles. The SMILES string of the molecule is Cn1cc(-c2nc(C3COc4ccccc4O3)no2)c(-c2ccncc2)n1. The second kappa shape index (κ2) is 6.24. The Morgan fingerprint density at radius 3 is 2.74 bits per heavy atom. The lowest BCUT2D eigenvalue weighted by Gasteiger charge is -2.24. The summed E-state index contributed by atoms with van der Waals surface area (Å²) in [4.78, 5) is 8.57. The van der Waals surface area contributed by atoms with Crippen LogP contribution >= 0.6 is 0 Å². The zero-order chi connectivity index (χ0) is 18.2. The van der Waals surface area contributed by atoms with E-state index in [9.17, 15) is 0 Å². The van der Waals surface area contributed by atoms with Crippen molar-refractivity contribution < 1.29 is 14.0 Å². The van der Waals surface area contributed by atoms with E-state index in [1.165, 1.54) is 0 Å². The van der Waals surface area contributed by atoms with Gasteiger partial charge in [0.05, 0.1) is 5.56 Å². The van der Waals surface area contributed by atoms with E-state index in [1.54, 1.807) is 17.1 Å². The molecule has 0 amide bonds. The van der Waals surface area contributed by atoms with E-state index in [-0.39, 0.29) is 0 Å². The molecule has 0 spiro atoms. The maximum absolute atomic E-state index is 5.95. The maximum Gasteiger partial charge on any atom is 0.261 e. The number of fused-ring (bicyclic) bond motifs is 1. The Morgan fingerprint density at radius 2 is 1.89 bits per heavy atom. The third kappa shape index (κ3) is 2.80. The Balaban J connectivity index is 1.47. The summed E-state index contributed by atoms with van der Waals surface area (Å²) < 4.78 is 18.9. The lowest BCUT2D eigenvalue weighted by Crippen LogP contribution is -2.22. The molecule has 0 aliphatic carbocycles. The topological polar surface area (TPSA) is 88.1 Å². The number of benzene rings is 1. The molecule has 0 bridgehead atoms. The fraction of sp³-hybridized carbons (Fsp3) is 0.158. The maximum atomic E-state index is 5.95. The molecule has 0 saturated heterocycles. The Hall–Kier alpha value is -3.68. The van der Waals surface area contributed by atoms with Gasteiger partial charge in [-0.2, -0.15) is 10.1 Å². The van der Waals surface area contributed by atoms with E-state index >= 15 is 0 Å². The molecule has 134 valence electrons. The van der Waals surface area contributed by atoms with E-state index in [2.05, 4.69) is 20.2 Å². The van der Waals surface area contributed by atoms with E-state index < -0.39 is 6.10 Å². The first-order valence-corrected chi connectivity index (χ1v) is 8.44. The summed E-state index contributed by atoms with van der Waals surface area (Å²) in [6.07, 6.45) is 4.86. The normalized spacial score (nSPS) is 15.7. The molecule has 0 N–H and O–H groups in total. The summed E-state index contributed by atoms with van der Waals surface area (Å²) in [5.41, 5.74) is 2.42. The smallest absolute Gasteiger partial charge is 0.261 e. The van der Waals surface area contributed by atoms with Crippen LogP contribution < -0.4 is 9.47 Å². The molecule has 0 fully saturated rings. The van der Waals surface area contributed by atoms with Gasteiger partial charge in [0, 0.05) is 31.2 Å². The molecular formula is C19H15N5O3. The average molecular weight is 361 g/mol. The van der Waals surface area contributed by atoms with Gasteiger partial charge in [-0.15, -0.1) is 0 Å². The van der Waals surface area contributed by atoms with Crippen LogP contribution in [0, 0.1) is 0 Å². The quantitative estimate of drug-likeness (QED) is 0.554. The first-order chi connectivity index (χ1) is 13.3. The van der Waals surface area contributed by atoms with Crippen LogP contribution in [0.15, 0.2) is 59.5 Å². The summed E-state index contributed by atoms with van der Waals surface area (Å²) in [5.74, 6) is 2.19. The van der Waals surface area contributed by atoms with Crippen molar-refractivity contribution in [3.8, 4) is 34.2 Å². The number of pyridine rings is 1. The summed E-state index contributed by atoms with van der Waals surface area (Å²) in [6.45, 7) is 0.320. The Labute approximate surface area is 154 Å². The number of ether oxygens (including phenoxy) is 2. The van der Waals surface area contributed by atoms with Crippen LogP contribution in [0.4, 0.5) is 0 Å². The predicted octanol–water partition coefficient (Wildman–Crippen LogP) is 3.04. The van der Waals surface area contributed by atoms with Crippen LogP contribution in [-0.2, 0) is 7.05 Å². The Kier molecular flexibility index (Phi) is 3.60. The van der Waals surface area contributed by atoms with Gasteiger partial charge in [-0.1, -0.05) is 17.3 Å². The minimum absolute atomic E-state index is 0.320. The number of aromatic nitrogens is 5. The van der Waals surface area contributed by atoms with Gasteiger partial charge in [0.15, 0.2) is 17.6 Å². The van der Waals surface area contributed by atoms with Gasteiger partial charge in [-0.25, -0.2) is 0 Å². The zero-order valence-corrected chi connectivity index (χ0v) is 14.4. The van der Waals surface area contributed by atoms with Crippen molar-refractivity contribution in [2.45, 2.75) is 6.10 Å². The summed E-state index contributed by atoms with van der Waals surface area (Å²) >= 11 is 0. The highest BCUT2D eigenvalue weighted by molar-refractivity contribution is 5.76. The highest BCUT2D eigenvalue weighted by Crippen LogP contribution is 2.36. The molecule has 27 heavy (non-hydrogen) atoms. The first-order valence-electron chi connectivity index (χ1n) is 8.44. The number of hydrogen-bond acceptors (Lipinski definition) is 7. The van der Waals surface area contributed by atoms with Gasteiger partial charge in [-0.3, -0.25) is 9.67 Å². The largest absolute Gasteiger partial charge is 0.485 e. The molecular weight excluding hydrogens is 346 g/mol. The summed E-state index contributed by atoms with van der Waals surface area (Å²) in [7, 11) is 1.85. The third-order valence-corrected chi connectivity index (χ3v) is 4.25. The fourth-order valence-corrected chi connectivity index (χ4v) is 2.99. The average Bonchev–Trinajstić information content (AvgIpc) is 3.35. The number of nitrogens with zero attached hydrogens (tertiary/aromatic N) is 5. The van der Waals surface area contributed by atoms with Gasteiger partial charge in [0.2, 0.25) is 5.82 Å². The van der Waals surface area contributed by atoms with Gasteiger partial charge in [0.1, 0.15) is 12.3 Å². The Morgan fingerprint density at radius 1 is 1.07 bits per heavy atom. The van der Waals surface area contributed by atoms with Crippen LogP contribution in [0.5, 0.6) is 11.5 Å². The molecule has 5 rings (SSSR count). The van der Waals surface area contributed by atoms with Gasteiger partial charge >= 0.3 is 0 Å². The molecule has 1 aromatic carbocycles. The highest BCUT2D eigenvalue weighted by Gasteiger charge is 2.28. The van der Waals surface area contributed by atoms with Crippen LogP contribution in [-0.4, -0.2) is 31.5 Å². The van der Waals surface area contributed by atoms with E-state index in [1.807, 2.05) is 49.6 Å². The molecule has 0 saturated carbocycles. The molecule has 1 aliphatic rings. The van der Waals surface area contributed by atoms with Crippen molar-refractivity contribution in [1.29, 1.82) is 0 Å². The second-order valence-corrected chi connectivity index (χ2v) is 6.12. The van der Waals surface area contributed by atoms with Crippen molar-refractivity contribution in [3.05, 3.63) is 60.8 Å². The lowest BCUT2D eigenvalue weighted by atomic mass is 10.1. The first kappa shape index (κ1) is 15.6. The summed E-state index contributed by atoms with van der Waals surface area (Å²) in [6, 6.07) is 11.3. The lowest BCUT2D eigenvalue weighted by molar-refractivity contribution is 0.0832. The molecule has 3 aromatic heterocycles. The van der Waals surface area contributed by atoms with E-state index in [4.69, 9.17) is 14.0 Å². The van der Waals surface area contributed by atoms with Crippen LogP contribution in [0.25, 0.3) is 22.7 Å². The van der Waals surface area contributed by atoms with Crippen molar-refractivity contribution in [2.75, 3.05) is 6.61 Å². The highest BCUT2D eigenvalue weighted by atomic mass is 16.6. The van der Waals surface area contributed by atoms with Gasteiger partial charge < -0.3 is 14.0 Å². The summed E-state index contributed by atoms with van der Waals surface area (Å²) in [5, 5.41) is 8.61. The van der Waals surface area contributed by atoms with Crippen molar-refractivity contribution in [1.82, 2.24) is 24.9 Å². The molecule has 8 heteroatoms. The third-order valence-electron chi connectivity index (χ3n) is 4.25. The zero-order valence-electron chi connectivity index (χ0n) is 14.4. The molecule has 1 atom stereocenters. The molecule has 1 unspecified atom stereocenters. The Bertz CT molecular complexity index is 1090. The number of rotatable bonds is 3. The molecule has 0 radical (unpaired) electrons. The molecule has 4 aromatic rings. The number of para-hydroxylation sites is 2. The monoisotopic (exact) mass is 361 g/mol. The van der Waals surface area contributed by atoms with Gasteiger partial charge in [-0.05, 0) is 24.3 Å². The van der Waals surface area contributed by atoms with Crippen LogP contribution in [0.2, 0.25) is 0 Å². The van der Waals surface area contributed by atoms with E-state index in [0.29, 0.717) is 29.8 Å². The van der Waals surface area contributed by atoms with Gasteiger partial charge in [0.25, 0.3) is 5.89 Å². The molecule has 1 aliphatic heterocycles. The van der Waals surface area contributed by atoms with Crippen molar-refractivity contribution in [3.63, 3.8) is 0 Å². The minimum atomic E-state index is -0.432. The molecule has 8 nitrogen and oxygen atoms in total. The van der Waals surface area contributed by atoms with Crippen LogP contribution in [0.3, 0.4) is 0 Å². The standard InChI is InChI=1S/C19H15N5O3/c1-24-10-13(17(22-24)12-6-8-20-9-7-12)19-21-18(23-27-19)16-11-25-14-4-2-3-5-15(14)26-16/h2-10,16H,11H2,1H3. The number of hydrogen-bond donors (Lipinski definition) is 0. The van der Waals surface area contributed by atoms with Crippen LogP contribution in [0.1, 0.15) is 11.9 Å². The van der Waals surface area contributed by atoms with Crippen molar-refractivity contribution in [2.24, 2.45) is 7.05 Å². The minimum Gasteiger partial charge on any atom is -0.485 e.